The molecule has 1 fully saturated rings. The van der Waals surface area contributed by atoms with Gasteiger partial charge in [-0.2, -0.15) is 0 Å². The molecule has 0 aliphatic heterocycles. The Morgan fingerprint density at radius 1 is 1.00 bits per heavy atom. The van der Waals surface area contributed by atoms with Gasteiger partial charge in [0.05, 0.1) is 4.88 Å². The Hall–Kier alpha value is -2.86. The molecule has 0 spiro atoms. The van der Waals surface area contributed by atoms with E-state index in [9.17, 15) is 4.79 Å². The van der Waals surface area contributed by atoms with Crippen LogP contribution >= 0.6 is 11.3 Å². The highest BCUT2D eigenvalue weighted by Crippen LogP contribution is 2.32. The van der Waals surface area contributed by atoms with Crippen LogP contribution in [0.5, 0.6) is 0 Å². The SMILES string of the molecule is CC(C)(C)c1ccc(CN(CC2CCC(CN=C(N)N)CC2)C(=O)c2cc3ccccc3s2)cc1. The first-order valence-electron chi connectivity index (χ1n) is 12.6. The number of amides is 1. The molecule has 6 heteroatoms. The van der Waals surface area contributed by atoms with Crippen molar-refractivity contribution in [3.05, 3.63) is 70.6 Å². The van der Waals surface area contributed by atoms with E-state index >= 15 is 0 Å². The second kappa shape index (κ2) is 10.8. The molecule has 0 radical (unpaired) electrons. The summed E-state index contributed by atoms with van der Waals surface area (Å²) in [4.78, 5) is 20.8. The van der Waals surface area contributed by atoms with E-state index < -0.39 is 0 Å². The van der Waals surface area contributed by atoms with Gasteiger partial charge in [0.15, 0.2) is 5.96 Å². The lowest BCUT2D eigenvalue weighted by molar-refractivity contribution is 0.0696. The van der Waals surface area contributed by atoms with E-state index in [1.165, 1.54) is 11.1 Å². The first kappa shape index (κ1) is 25.2. The van der Waals surface area contributed by atoms with E-state index in [-0.39, 0.29) is 17.3 Å². The number of hydrogen-bond donors (Lipinski definition) is 2. The van der Waals surface area contributed by atoms with E-state index in [2.05, 4.69) is 67.1 Å². The first-order valence-corrected chi connectivity index (χ1v) is 13.4. The number of aliphatic imine (C=N–C) groups is 1. The average molecular weight is 491 g/mol. The summed E-state index contributed by atoms with van der Waals surface area (Å²) in [6.45, 7) is 8.79. The summed E-state index contributed by atoms with van der Waals surface area (Å²) in [5.41, 5.74) is 13.6. The molecule has 0 unspecified atom stereocenters. The first-order chi connectivity index (χ1) is 16.7. The lowest BCUT2D eigenvalue weighted by Gasteiger charge is -2.32. The van der Waals surface area contributed by atoms with Gasteiger partial charge in [0.25, 0.3) is 5.91 Å². The number of fused-ring (bicyclic) bond motifs is 1. The summed E-state index contributed by atoms with van der Waals surface area (Å²) in [7, 11) is 0. The number of benzene rings is 2. The van der Waals surface area contributed by atoms with Crippen LogP contribution in [0.1, 0.15) is 67.3 Å². The van der Waals surface area contributed by atoms with Gasteiger partial charge in [-0.1, -0.05) is 63.2 Å². The largest absolute Gasteiger partial charge is 0.370 e. The minimum atomic E-state index is 0.113. The van der Waals surface area contributed by atoms with E-state index in [0.717, 1.165) is 47.2 Å². The van der Waals surface area contributed by atoms with Gasteiger partial charge in [-0.15, -0.1) is 11.3 Å². The number of hydrogen-bond acceptors (Lipinski definition) is 3. The molecule has 1 heterocycles. The molecule has 1 aliphatic rings. The van der Waals surface area contributed by atoms with Crippen LogP contribution in [-0.2, 0) is 12.0 Å². The Balaban J connectivity index is 1.50. The molecule has 1 aliphatic carbocycles. The molecular formula is C29H38N4OS. The van der Waals surface area contributed by atoms with Gasteiger partial charge in [-0.3, -0.25) is 9.79 Å². The van der Waals surface area contributed by atoms with Crippen molar-refractivity contribution in [2.45, 2.75) is 58.4 Å². The third kappa shape index (κ3) is 6.63. The second-order valence-electron chi connectivity index (χ2n) is 10.9. The molecule has 0 bridgehead atoms. The summed E-state index contributed by atoms with van der Waals surface area (Å²) in [5, 5.41) is 1.13. The molecule has 35 heavy (non-hydrogen) atoms. The molecule has 1 amide bonds. The molecule has 0 atom stereocenters. The Morgan fingerprint density at radius 3 is 2.29 bits per heavy atom. The highest BCUT2D eigenvalue weighted by Gasteiger charge is 2.26. The van der Waals surface area contributed by atoms with E-state index in [1.807, 2.05) is 18.2 Å². The molecule has 186 valence electrons. The number of nitrogens with two attached hydrogens (primary N) is 2. The molecule has 1 saturated carbocycles. The lowest BCUT2D eigenvalue weighted by atomic mass is 9.81. The van der Waals surface area contributed by atoms with Crippen LogP contribution in [0.25, 0.3) is 10.1 Å². The number of thiophene rings is 1. The fourth-order valence-electron chi connectivity index (χ4n) is 4.94. The molecule has 4 N–H and O–H groups in total. The third-order valence-electron chi connectivity index (χ3n) is 7.09. The number of carbonyl (C=O) groups excluding carboxylic acids is 1. The van der Waals surface area contributed by atoms with Crippen molar-refractivity contribution in [1.29, 1.82) is 0 Å². The zero-order valence-electron chi connectivity index (χ0n) is 21.2. The molecule has 5 nitrogen and oxygen atoms in total. The van der Waals surface area contributed by atoms with E-state index in [4.69, 9.17) is 11.5 Å². The summed E-state index contributed by atoms with van der Waals surface area (Å²) >= 11 is 1.59. The van der Waals surface area contributed by atoms with Crippen molar-refractivity contribution >= 4 is 33.3 Å². The maximum absolute atomic E-state index is 13.8. The van der Waals surface area contributed by atoms with Crippen LogP contribution < -0.4 is 11.5 Å². The topological polar surface area (TPSA) is 84.7 Å². The predicted molar refractivity (Wildman–Crippen MR) is 148 cm³/mol. The molecule has 0 saturated heterocycles. The Labute approximate surface area is 213 Å². The van der Waals surface area contributed by atoms with Crippen LogP contribution in [0.3, 0.4) is 0 Å². The van der Waals surface area contributed by atoms with E-state index in [0.29, 0.717) is 24.9 Å². The van der Waals surface area contributed by atoms with Crippen LogP contribution in [-0.4, -0.2) is 29.9 Å². The smallest absolute Gasteiger partial charge is 0.264 e. The molecular weight excluding hydrogens is 452 g/mol. The monoisotopic (exact) mass is 490 g/mol. The van der Waals surface area contributed by atoms with Crippen LogP contribution in [0.2, 0.25) is 0 Å². The maximum atomic E-state index is 13.8. The van der Waals surface area contributed by atoms with Gasteiger partial charge >= 0.3 is 0 Å². The second-order valence-corrected chi connectivity index (χ2v) is 12.0. The van der Waals surface area contributed by atoms with Gasteiger partial charge in [-0.25, -0.2) is 0 Å². The zero-order chi connectivity index (χ0) is 25.0. The normalized spacial score (nSPS) is 18.4. The highest BCUT2D eigenvalue weighted by atomic mass is 32.1. The van der Waals surface area contributed by atoms with Crippen molar-refractivity contribution in [2.24, 2.45) is 28.3 Å². The molecule has 3 aromatic rings. The van der Waals surface area contributed by atoms with Crippen molar-refractivity contribution in [3.8, 4) is 0 Å². The van der Waals surface area contributed by atoms with Gasteiger partial charge in [0, 0.05) is 24.3 Å². The van der Waals surface area contributed by atoms with Crippen LogP contribution in [0.15, 0.2) is 59.6 Å². The quantitative estimate of drug-likeness (QED) is 0.318. The van der Waals surface area contributed by atoms with Gasteiger partial charge in [-0.05, 0) is 71.6 Å². The standard InChI is InChI=1S/C29H38N4OS/c1-29(2,3)24-14-12-22(13-15-24)19-33(18-21-10-8-20(9-11-21)17-32-28(30)31)27(34)26-16-23-6-4-5-7-25(23)35-26/h4-7,12-16,20-21H,8-11,17-19H2,1-3H3,(H4,30,31,32). The number of guanidine groups is 1. The van der Waals surface area contributed by atoms with Crippen molar-refractivity contribution in [2.75, 3.05) is 13.1 Å². The minimum absolute atomic E-state index is 0.113. The fourth-order valence-corrected chi connectivity index (χ4v) is 5.97. The van der Waals surface area contributed by atoms with E-state index in [1.54, 1.807) is 11.3 Å². The number of rotatable bonds is 7. The Bertz CT molecular complexity index is 1130. The van der Waals surface area contributed by atoms with Gasteiger partial charge in [0.2, 0.25) is 0 Å². The van der Waals surface area contributed by atoms with Crippen LogP contribution in [0.4, 0.5) is 0 Å². The van der Waals surface area contributed by atoms with Crippen molar-refractivity contribution in [3.63, 3.8) is 0 Å². The minimum Gasteiger partial charge on any atom is -0.370 e. The molecule has 1 aromatic heterocycles. The Kier molecular flexibility index (Phi) is 7.80. The van der Waals surface area contributed by atoms with Gasteiger partial charge < -0.3 is 16.4 Å². The third-order valence-corrected chi connectivity index (χ3v) is 8.20. The summed E-state index contributed by atoms with van der Waals surface area (Å²) in [6.07, 6.45) is 4.41. The van der Waals surface area contributed by atoms with Crippen LogP contribution in [0, 0.1) is 11.8 Å². The summed E-state index contributed by atoms with van der Waals surface area (Å²) < 4.78 is 1.16. The predicted octanol–water partition coefficient (Wildman–Crippen LogP) is 5.92. The zero-order valence-corrected chi connectivity index (χ0v) is 22.0. The highest BCUT2D eigenvalue weighted by molar-refractivity contribution is 7.20. The summed E-state index contributed by atoms with van der Waals surface area (Å²) in [5.74, 6) is 1.33. The lowest BCUT2D eigenvalue weighted by Crippen LogP contribution is -2.36. The van der Waals surface area contributed by atoms with Gasteiger partial charge in [0.1, 0.15) is 0 Å². The maximum Gasteiger partial charge on any atom is 0.264 e. The summed E-state index contributed by atoms with van der Waals surface area (Å²) in [6, 6.07) is 19.0. The average Bonchev–Trinajstić information content (AvgIpc) is 3.27. The fraction of sp³-hybridized carbons (Fsp3) is 0.448. The van der Waals surface area contributed by atoms with Crippen molar-refractivity contribution in [1.82, 2.24) is 4.90 Å². The molecule has 2 aromatic carbocycles. The molecule has 4 rings (SSSR count). The van der Waals surface area contributed by atoms with Crippen molar-refractivity contribution < 1.29 is 4.79 Å². The number of carbonyl (C=O) groups is 1. The Morgan fingerprint density at radius 2 is 1.66 bits per heavy atom. The number of nitrogens with zero attached hydrogens (tertiary/aromatic N) is 2.